The normalized spacial score (nSPS) is 16.1. The lowest BCUT2D eigenvalue weighted by atomic mass is 10.00. The van der Waals surface area contributed by atoms with Gasteiger partial charge in [0.25, 0.3) is 11.1 Å². The van der Waals surface area contributed by atoms with Gasteiger partial charge in [-0.1, -0.05) is 49.7 Å². The van der Waals surface area contributed by atoms with Gasteiger partial charge in [0.05, 0.1) is 17.1 Å². The van der Waals surface area contributed by atoms with Crippen LogP contribution in [0.15, 0.2) is 70.0 Å². The summed E-state index contributed by atoms with van der Waals surface area (Å²) in [6.07, 6.45) is 4.03. The Morgan fingerprint density at radius 3 is 2.56 bits per heavy atom. The maximum atomic E-state index is 13.0. The Hall–Kier alpha value is -4.11. The molecular formula is C30H28N2O6S. The first-order valence-electron chi connectivity index (χ1n) is 12.9. The molecule has 9 heteroatoms. The zero-order chi connectivity index (χ0) is 27.4. The summed E-state index contributed by atoms with van der Waals surface area (Å²) >= 11 is 0.788. The van der Waals surface area contributed by atoms with Crippen LogP contribution in [0.1, 0.15) is 47.0 Å². The molecule has 39 heavy (non-hydrogen) atoms. The van der Waals surface area contributed by atoms with Crippen LogP contribution in [0, 0.1) is 0 Å². The van der Waals surface area contributed by atoms with E-state index in [4.69, 9.17) is 9.15 Å². The Morgan fingerprint density at radius 1 is 1.03 bits per heavy atom. The van der Waals surface area contributed by atoms with Gasteiger partial charge in [0.1, 0.15) is 18.1 Å². The minimum absolute atomic E-state index is 0.197. The number of nitrogens with zero attached hydrogens (tertiary/aromatic N) is 2. The van der Waals surface area contributed by atoms with Gasteiger partial charge >= 0.3 is 5.97 Å². The molecule has 3 amide bonds. The lowest BCUT2D eigenvalue weighted by molar-refractivity contribution is -0.136. The minimum atomic E-state index is -0.514. The highest BCUT2D eigenvalue weighted by molar-refractivity contribution is 8.18. The standard InChI is InChI=1S/C30H28N2O6S/c1-2-3-16-37-29(35)22-10-8-21(9-11-22)25-13-12-24(38-25)17-26-28(34)32(30(36)39-26)19-27(33)31-15-14-20-6-4-5-7-23(20)18-31/h4-13,17H,2-3,14-16,18-19H2,1H3/b26-17+. The van der Waals surface area contributed by atoms with Crippen molar-refractivity contribution in [3.05, 3.63) is 88.0 Å². The van der Waals surface area contributed by atoms with Gasteiger partial charge < -0.3 is 14.1 Å². The van der Waals surface area contributed by atoms with Crippen LogP contribution in [0.4, 0.5) is 4.79 Å². The predicted octanol–water partition coefficient (Wildman–Crippen LogP) is 5.52. The summed E-state index contributed by atoms with van der Waals surface area (Å²) in [4.78, 5) is 53.5. The molecule has 0 N–H and O–H groups in total. The van der Waals surface area contributed by atoms with E-state index >= 15 is 0 Å². The highest BCUT2D eigenvalue weighted by Gasteiger charge is 2.37. The average Bonchev–Trinajstić information content (AvgIpc) is 3.53. The number of thioether (sulfide) groups is 1. The monoisotopic (exact) mass is 544 g/mol. The van der Waals surface area contributed by atoms with Crippen LogP contribution in [0.25, 0.3) is 17.4 Å². The van der Waals surface area contributed by atoms with Crippen molar-refractivity contribution in [3.63, 3.8) is 0 Å². The lowest BCUT2D eigenvalue weighted by Crippen LogP contribution is -2.44. The quantitative estimate of drug-likeness (QED) is 0.209. The number of esters is 1. The smallest absolute Gasteiger partial charge is 0.338 e. The van der Waals surface area contributed by atoms with Crippen LogP contribution in [-0.4, -0.2) is 52.5 Å². The maximum absolute atomic E-state index is 13.0. The Labute approximate surface area is 230 Å². The number of imide groups is 1. The number of benzene rings is 2. The van der Waals surface area contributed by atoms with Crippen molar-refractivity contribution in [1.82, 2.24) is 9.80 Å². The molecule has 1 fully saturated rings. The molecule has 8 nitrogen and oxygen atoms in total. The van der Waals surface area contributed by atoms with Crippen molar-refractivity contribution >= 4 is 40.9 Å². The number of carbonyl (C=O) groups excluding carboxylic acids is 4. The van der Waals surface area contributed by atoms with Gasteiger partial charge in [0.15, 0.2) is 0 Å². The van der Waals surface area contributed by atoms with Gasteiger partial charge in [-0.05, 0) is 60.0 Å². The lowest BCUT2D eigenvalue weighted by Gasteiger charge is -2.29. The molecule has 0 unspecified atom stereocenters. The SMILES string of the molecule is CCCCOC(=O)c1ccc(-c2ccc(/C=C3/SC(=O)N(CC(=O)N4CCc5ccccc5C4)C3=O)o2)cc1. The Bertz CT molecular complexity index is 1440. The van der Waals surface area contributed by atoms with Gasteiger partial charge in [-0.15, -0.1) is 0 Å². The van der Waals surface area contributed by atoms with Crippen molar-refractivity contribution in [3.8, 4) is 11.3 Å². The van der Waals surface area contributed by atoms with E-state index in [0.717, 1.165) is 47.1 Å². The van der Waals surface area contributed by atoms with Crippen LogP contribution in [-0.2, 0) is 27.3 Å². The van der Waals surface area contributed by atoms with E-state index in [-0.39, 0.29) is 23.3 Å². The third-order valence-corrected chi connectivity index (χ3v) is 7.59. The third kappa shape index (κ3) is 5.98. The zero-order valence-corrected chi connectivity index (χ0v) is 22.4. The molecule has 2 aromatic carbocycles. The highest BCUT2D eigenvalue weighted by Crippen LogP contribution is 2.33. The summed E-state index contributed by atoms with van der Waals surface area (Å²) in [6, 6.07) is 18.3. The van der Waals surface area contributed by atoms with E-state index in [1.54, 1.807) is 41.3 Å². The second-order valence-corrected chi connectivity index (χ2v) is 10.4. The van der Waals surface area contributed by atoms with Gasteiger partial charge in [-0.3, -0.25) is 19.3 Å². The minimum Gasteiger partial charge on any atom is -0.462 e. The van der Waals surface area contributed by atoms with Crippen molar-refractivity contribution in [2.24, 2.45) is 0 Å². The summed E-state index contributed by atoms with van der Waals surface area (Å²) in [7, 11) is 0. The molecule has 0 radical (unpaired) electrons. The summed E-state index contributed by atoms with van der Waals surface area (Å²) in [5.41, 5.74) is 3.51. The van der Waals surface area contributed by atoms with E-state index in [1.165, 1.54) is 11.6 Å². The number of amides is 3. The van der Waals surface area contributed by atoms with E-state index in [1.807, 2.05) is 25.1 Å². The van der Waals surface area contributed by atoms with Crippen LogP contribution in [0.2, 0.25) is 0 Å². The van der Waals surface area contributed by atoms with Crippen LogP contribution in [0.5, 0.6) is 0 Å². The van der Waals surface area contributed by atoms with E-state index < -0.39 is 11.1 Å². The molecule has 0 bridgehead atoms. The predicted molar refractivity (Wildman–Crippen MR) is 148 cm³/mol. The van der Waals surface area contributed by atoms with E-state index in [0.29, 0.717) is 36.8 Å². The summed E-state index contributed by atoms with van der Waals surface area (Å²) in [5.74, 6) is -0.190. The molecular weight excluding hydrogens is 516 g/mol. The number of ether oxygens (including phenoxy) is 1. The van der Waals surface area contributed by atoms with Gasteiger partial charge in [0, 0.05) is 24.7 Å². The number of carbonyl (C=O) groups is 4. The number of rotatable bonds is 8. The molecule has 0 atom stereocenters. The second-order valence-electron chi connectivity index (χ2n) is 9.37. The molecule has 1 saturated heterocycles. The molecule has 200 valence electrons. The average molecular weight is 545 g/mol. The molecule has 2 aliphatic rings. The van der Waals surface area contributed by atoms with Crippen molar-refractivity contribution in [2.75, 3.05) is 19.7 Å². The molecule has 3 aromatic rings. The number of hydrogen-bond acceptors (Lipinski definition) is 7. The third-order valence-electron chi connectivity index (χ3n) is 6.69. The Balaban J connectivity index is 1.21. The van der Waals surface area contributed by atoms with Gasteiger partial charge in [-0.2, -0.15) is 0 Å². The summed E-state index contributed by atoms with van der Waals surface area (Å²) in [6.45, 7) is 3.16. The first kappa shape index (κ1) is 26.5. The molecule has 2 aliphatic heterocycles. The van der Waals surface area contributed by atoms with Crippen LogP contribution >= 0.6 is 11.8 Å². The fourth-order valence-corrected chi connectivity index (χ4v) is 5.28. The largest absolute Gasteiger partial charge is 0.462 e. The molecule has 5 rings (SSSR count). The number of fused-ring (bicyclic) bond motifs is 1. The van der Waals surface area contributed by atoms with Crippen molar-refractivity contribution < 1.29 is 28.3 Å². The topological polar surface area (TPSA) is 97.1 Å². The molecule has 0 saturated carbocycles. The second kappa shape index (κ2) is 11.7. The molecule has 0 spiro atoms. The molecule has 0 aliphatic carbocycles. The Kier molecular flexibility index (Phi) is 7.97. The van der Waals surface area contributed by atoms with Crippen LogP contribution < -0.4 is 0 Å². The molecule has 3 heterocycles. The molecule has 1 aromatic heterocycles. The number of unbranched alkanes of at least 4 members (excludes halogenated alkanes) is 1. The fraction of sp³-hybridized carbons (Fsp3) is 0.267. The van der Waals surface area contributed by atoms with Gasteiger partial charge in [-0.25, -0.2) is 4.79 Å². The van der Waals surface area contributed by atoms with Crippen molar-refractivity contribution in [2.45, 2.75) is 32.7 Å². The first-order chi connectivity index (χ1) is 18.9. The summed E-state index contributed by atoms with van der Waals surface area (Å²) in [5, 5.41) is -0.481. The number of hydrogen-bond donors (Lipinski definition) is 0. The fourth-order valence-electron chi connectivity index (χ4n) is 4.46. The van der Waals surface area contributed by atoms with E-state index in [9.17, 15) is 19.2 Å². The van der Waals surface area contributed by atoms with E-state index in [2.05, 4.69) is 6.07 Å². The van der Waals surface area contributed by atoms with Crippen molar-refractivity contribution in [1.29, 1.82) is 0 Å². The zero-order valence-electron chi connectivity index (χ0n) is 21.6. The first-order valence-corrected chi connectivity index (χ1v) is 13.7. The maximum Gasteiger partial charge on any atom is 0.338 e. The highest BCUT2D eigenvalue weighted by atomic mass is 32.2. The van der Waals surface area contributed by atoms with Gasteiger partial charge in [0.2, 0.25) is 5.91 Å². The Morgan fingerprint density at radius 2 is 1.79 bits per heavy atom. The number of furan rings is 1. The summed E-state index contributed by atoms with van der Waals surface area (Å²) < 4.78 is 11.1. The van der Waals surface area contributed by atoms with Crippen LogP contribution in [0.3, 0.4) is 0 Å².